The molecule has 0 aromatic carbocycles. The molecule has 1 aromatic heterocycles. The van der Waals surface area contributed by atoms with Gasteiger partial charge in [-0.3, -0.25) is 0 Å². The Morgan fingerprint density at radius 1 is 1.27 bits per heavy atom. The first-order chi connectivity index (χ1) is 7.08. The van der Waals surface area contributed by atoms with Gasteiger partial charge < -0.3 is 5.32 Å². The average molecular weight is 224 g/mol. The second kappa shape index (κ2) is 4.12. The van der Waals surface area contributed by atoms with E-state index in [9.17, 15) is 0 Å². The average Bonchev–Trinajstić information content (AvgIpc) is 2.55. The molecular weight excluding hydrogens is 204 g/mol. The monoisotopic (exact) mass is 224 g/mol. The van der Waals surface area contributed by atoms with Gasteiger partial charge in [-0.2, -0.15) is 0 Å². The van der Waals surface area contributed by atoms with E-state index in [2.05, 4.69) is 33.0 Å². The Balaban J connectivity index is 2.28. The van der Waals surface area contributed by atoms with Gasteiger partial charge >= 0.3 is 0 Å². The molecule has 0 bridgehead atoms. The first-order valence-corrected chi connectivity index (χ1v) is 6.66. The van der Waals surface area contributed by atoms with Crippen molar-refractivity contribution in [3.05, 3.63) is 10.6 Å². The van der Waals surface area contributed by atoms with E-state index in [0.29, 0.717) is 17.9 Å². The lowest BCUT2D eigenvalue weighted by atomic mass is 9.86. The minimum absolute atomic E-state index is 0.475. The summed E-state index contributed by atoms with van der Waals surface area (Å²) in [5, 5.41) is 4.52. The van der Waals surface area contributed by atoms with Gasteiger partial charge in [0.1, 0.15) is 0 Å². The number of nitrogens with one attached hydrogen (secondary N) is 1. The van der Waals surface area contributed by atoms with Gasteiger partial charge in [0.25, 0.3) is 0 Å². The van der Waals surface area contributed by atoms with Crippen LogP contribution in [0.15, 0.2) is 0 Å². The zero-order valence-corrected chi connectivity index (χ0v) is 10.8. The van der Waals surface area contributed by atoms with Gasteiger partial charge in [0.2, 0.25) is 0 Å². The van der Waals surface area contributed by atoms with Crippen LogP contribution in [-0.2, 0) is 0 Å². The number of nitrogens with zero attached hydrogens (tertiary/aromatic N) is 1. The van der Waals surface area contributed by atoms with E-state index in [-0.39, 0.29) is 0 Å². The van der Waals surface area contributed by atoms with E-state index in [0.717, 1.165) is 5.13 Å². The molecule has 0 aliphatic heterocycles. The van der Waals surface area contributed by atoms with Crippen LogP contribution in [-0.4, -0.2) is 11.0 Å². The zero-order valence-electron chi connectivity index (χ0n) is 10.0. The molecule has 0 saturated carbocycles. The predicted octanol–water partition coefficient (Wildman–Crippen LogP) is 3.96. The maximum Gasteiger partial charge on any atom is 0.183 e. The predicted molar refractivity (Wildman–Crippen MR) is 66.9 cm³/mol. The van der Waals surface area contributed by atoms with E-state index in [1.54, 1.807) is 0 Å². The number of aromatic nitrogens is 1. The molecule has 1 N–H and O–H groups in total. The van der Waals surface area contributed by atoms with Crippen molar-refractivity contribution in [2.45, 2.75) is 58.4 Å². The van der Waals surface area contributed by atoms with Crippen LogP contribution in [0.4, 0.5) is 5.13 Å². The summed E-state index contributed by atoms with van der Waals surface area (Å²) >= 11 is 1.85. The molecule has 1 heterocycles. The van der Waals surface area contributed by atoms with Crippen LogP contribution in [0.25, 0.3) is 0 Å². The van der Waals surface area contributed by atoms with Crippen molar-refractivity contribution in [1.82, 2.24) is 4.98 Å². The Morgan fingerprint density at radius 2 is 1.93 bits per heavy atom. The van der Waals surface area contributed by atoms with Crippen molar-refractivity contribution in [2.24, 2.45) is 0 Å². The van der Waals surface area contributed by atoms with Crippen LogP contribution >= 0.6 is 11.3 Å². The Bertz CT molecular complexity index is 316. The minimum Gasteiger partial charge on any atom is -0.359 e. The lowest BCUT2D eigenvalue weighted by molar-refractivity contribution is 0.526. The van der Waals surface area contributed by atoms with Crippen LogP contribution < -0.4 is 5.32 Å². The van der Waals surface area contributed by atoms with Crippen LogP contribution in [0.2, 0.25) is 0 Å². The first kappa shape index (κ1) is 10.9. The topological polar surface area (TPSA) is 24.9 Å². The van der Waals surface area contributed by atoms with Crippen molar-refractivity contribution in [3.8, 4) is 0 Å². The van der Waals surface area contributed by atoms with E-state index < -0.39 is 0 Å². The Labute approximate surface area is 96.1 Å². The highest BCUT2D eigenvalue weighted by Gasteiger charge is 2.26. The number of thiazole rings is 1. The molecule has 1 aliphatic rings. The third-order valence-electron chi connectivity index (χ3n) is 3.04. The van der Waals surface area contributed by atoms with Gasteiger partial charge in [-0.05, 0) is 38.5 Å². The standard InChI is InChI=1S/C12H20N2S/c1-7(2)13-12-14-10-8(3)5-6-9(4)11(10)15-12/h7-9H,5-6H2,1-4H3,(H,13,14). The maximum absolute atomic E-state index is 4.73. The van der Waals surface area contributed by atoms with Crippen molar-refractivity contribution in [1.29, 1.82) is 0 Å². The molecule has 84 valence electrons. The summed E-state index contributed by atoms with van der Waals surface area (Å²) in [6.07, 6.45) is 2.61. The largest absolute Gasteiger partial charge is 0.359 e. The molecule has 2 nitrogen and oxygen atoms in total. The maximum atomic E-state index is 4.73. The van der Waals surface area contributed by atoms with Crippen LogP contribution in [0, 0.1) is 0 Å². The molecule has 1 aliphatic carbocycles. The molecule has 2 unspecified atom stereocenters. The van der Waals surface area contributed by atoms with Crippen molar-refractivity contribution < 1.29 is 0 Å². The normalized spacial score (nSPS) is 25.4. The van der Waals surface area contributed by atoms with E-state index in [1.807, 2.05) is 11.3 Å². The number of fused-ring (bicyclic) bond motifs is 1. The fraction of sp³-hybridized carbons (Fsp3) is 0.750. The van der Waals surface area contributed by atoms with Gasteiger partial charge in [-0.15, -0.1) is 11.3 Å². The van der Waals surface area contributed by atoms with Crippen molar-refractivity contribution >= 4 is 16.5 Å². The van der Waals surface area contributed by atoms with Crippen molar-refractivity contribution in [2.75, 3.05) is 5.32 Å². The smallest absolute Gasteiger partial charge is 0.183 e. The Kier molecular flexibility index (Phi) is 3.01. The lowest BCUT2D eigenvalue weighted by Gasteiger charge is -2.21. The van der Waals surface area contributed by atoms with E-state index in [4.69, 9.17) is 4.98 Å². The quantitative estimate of drug-likeness (QED) is 0.822. The fourth-order valence-electron chi connectivity index (χ4n) is 2.13. The van der Waals surface area contributed by atoms with Gasteiger partial charge in [0.15, 0.2) is 5.13 Å². The van der Waals surface area contributed by atoms with Crippen molar-refractivity contribution in [3.63, 3.8) is 0 Å². The number of hydrogen-bond donors (Lipinski definition) is 1. The molecule has 0 radical (unpaired) electrons. The highest BCUT2D eigenvalue weighted by atomic mass is 32.1. The van der Waals surface area contributed by atoms with Crippen LogP contribution in [0.1, 0.15) is 62.9 Å². The minimum atomic E-state index is 0.475. The highest BCUT2D eigenvalue weighted by molar-refractivity contribution is 7.15. The molecule has 1 aromatic rings. The summed E-state index contributed by atoms with van der Waals surface area (Å²) in [6, 6.07) is 0.475. The second-order valence-corrected chi connectivity index (χ2v) is 5.98. The molecule has 0 fully saturated rings. The molecule has 15 heavy (non-hydrogen) atoms. The van der Waals surface area contributed by atoms with E-state index >= 15 is 0 Å². The summed E-state index contributed by atoms with van der Waals surface area (Å²) in [5.41, 5.74) is 1.35. The van der Waals surface area contributed by atoms with Crippen LogP contribution in [0.5, 0.6) is 0 Å². The molecule has 0 saturated heterocycles. The van der Waals surface area contributed by atoms with Gasteiger partial charge in [-0.1, -0.05) is 13.8 Å². The van der Waals surface area contributed by atoms with Crippen LogP contribution in [0.3, 0.4) is 0 Å². The number of hydrogen-bond acceptors (Lipinski definition) is 3. The molecule has 0 amide bonds. The summed E-state index contributed by atoms with van der Waals surface area (Å²) in [6.45, 7) is 8.94. The third-order valence-corrected chi connectivity index (χ3v) is 4.27. The number of rotatable bonds is 2. The van der Waals surface area contributed by atoms with Gasteiger partial charge in [0, 0.05) is 10.9 Å². The molecule has 2 atom stereocenters. The Hall–Kier alpha value is -0.570. The first-order valence-electron chi connectivity index (χ1n) is 5.85. The fourth-order valence-corrected chi connectivity index (χ4v) is 3.44. The molecule has 0 spiro atoms. The number of anilines is 1. The molecule has 3 heteroatoms. The highest BCUT2D eigenvalue weighted by Crippen LogP contribution is 2.42. The molecular formula is C12H20N2S. The second-order valence-electron chi connectivity index (χ2n) is 4.95. The summed E-state index contributed by atoms with van der Waals surface area (Å²) in [5.74, 6) is 1.35. The summed E-state index contributed by atoms with van der Waals surface area (Å²) in [4.78, 5) is 6.24. The lowest BCUT2D eigenvalue weighted by Crippen LogP contribution is -2.10. The van der Waals surface area contributed by atoms with E-state index in [1.165, 1.54) is 23.4 Å². The third kappa shape index (κ3) is 2.17. The molecule has 2 rings (SSSR count). The SMILES string of the molecule is CC(C)Nc1nc2c(s1)C(C)CCC2C. The summed E-state index contributed by atoms with van der Waals surface area (Å²) in [7, 11) is 0. The van der Waals surface area contributed by atoms with Gasteiger partial charge in [-0.25, -0.2) is 4.98 Å². The zero-order chi connectivity index (χ0) is 11.0. The summed E-state index contributed by atoms with van der Waals surface area (Å²) < 4.78 is 0. The Morgan fingerprint density at radius 3 is 2.53 bits per heavy atom. The van der Waals surface area contributed by atoms with Gasteiger partial charge in [0.05, 0.1) is 5.69 Å².